The average Bonchev–Trinajstić information content (AvgIpc) is 2.42. The van der Waals surface area contributed by atoms with Gasteiger partial charge in [-0.05, 0) is 43.2 Å². The zero-order valence-corrected chi connectivity index (χ0v) is 11.4. The minimum atomic E-state index is -1.26. The molecule has 104 valence electrons. The summed E-state index contributed by atoms with van der Waals surface area (Å²) in [5.74, 6) is -0.871. The molecule has 0 amide bonds. The molecule has 1 atom stereocenters. The number of aryl methyl sites for hydroxylation is 1. The number of carboxylic acid groups (broad SMARTS) is 1. The highest BCUT2D eigenvalue weighted by atomic mass is 16.4. The monoisotopic (exact) mass is 271 g/mol. The standard InChI is InChI=1S/C16H17NO3/c1-11-5-3-4-6-14(11)17-16(2,15(19)20)12-7-9-13(18)10-8-12/h3-10,17-18H,1-2H3,(H,19,20). The molecular weight excluding hydrogens is 254 g/mol. The van der Waals surface area contributed by atoms with Gasteiger partial charge in [-0.15, -0.1) is 0 Å². The maximum atomic E-state index is 11.7. The minimum absolute atomic E-state index is 0.109. The summed E-state index contributed by atoms with van der Waals surface area (Å²) in [7, 11) is 0. The number of hydrogen-bond acceptors (Lipinski definition) is 3. The second-order valence-electron chi connectivity index (χ2n) is 4.92. The third-order valence-electron chi connectivity index (χ3n) is 3.40. The van der Waals surface area contributed by atoms with Crippen LogP contribution < -0.4 is 5.32 Å². The first-order valence-corrected chi connectivity index (χ1v) is 6.30. The molecule has 0 aliphatic heterocycles. The minimum Gasteiger partial charge on any atom is -0.508 e. The number of aliphatic carboxylic acids is 1. The maximum absolute atomic E-state index is 11.7. The van der Waals surface area contributed by atoms with Gasteiger partial charge in [0.25, 0.3) is 0 Å². The van der Waals surface area contributed by atoms with Gasteiger partial charge in [-0.1, -0.05) is 30.3 Å². The van der Waals surface area contributed by atoms with E-state index in [0.29, 0.717) is 5.56 Å². The molecule has 0 radical (unpaired) electrons. The fourth-order valence-corrected chi connectivity index (χ4v) is 2.03. The van der Waals surface area contributed by atoms with Crippen LogP contribution in [0, 0.1) is 6.92 Å². The predicted octanol–water partition coefficient (Wildman–Crippen LogP) is 3.11. The van der Waals surface area contributed by atoms with E-state index in [9.17, 15) is 15.0 Å². The number of rotatable bonds is 4. The number of hydrogen-bond donors (Lipinski definition) is 3. The molecule has 0 heterocycles. The lowest BCUT2D eigenvalue weighted by molar-refractivity contribution is -0.142. The highest BCUT2D eigenvalue weighted by Crippen LogP contribution is 2.29. The lowest BCUT2D eigenvalue weighted by atomic mass is 9.91. The van der Waals surface area contributed by atoms with Crippen molar-refractivity contribution in [3.63, 3.8) is 0 Å². The molecule has 2 aromatic carbocycles. The first-order chi connectivity index (χ1) is 9.43. The summed E-state index contributed by atoms with van der Waals surface area (Å²) in [5, 5.41) is 22.0. The van der Waals surface area contributed by atoms with Crippen molar-refractivity contribution in [1.29, 1.82) is 0 Å². The van der Waals surface area contributed by atoms with Crippen LogP contribution in [0.5, 0.6) is 5.75 Å². The number of aromatic hydroxyl groups is 1. The number of para-hydroxylation sites is 1. The van der Waals surface area contributed by atoms with Gasteiger partial charge in [-0.2, -0.15) is 0 Å². The smallest absolute Gasteiger partial charge is 0.333 e. The molecule has 0 aliphatic rings. The molecule has 4 nitrogen and oxygen atoms in total. The first-order valence-electron chi connectivity index (χ1n) is 6.30. The predicted molar refractivity (Wildman–Crippen MR) is 77.9 cm³/mol. The zero-order chi connectivity index (χ0) is 14.8. The molecule has 0 aromatic heterocycles. The Morgan fingerprint density at radius 2 is 1.70 bits per heavy atom. The number of phenolic OH excluding ortho intramolecular Hbond substituents is 1. The largest absolute Gasteiger partial charge is 0.508 e. The number of carboxylic acids is 1. The number of phenols is 1. The van der Waals surface area contributed by atoms with E-state index in [1.54, 1.807) is 19.1 Å². The van der Waals surface area contributed by atoms with E-state index >= 15 is 0 Å². The Hall–Kier alpha value is -2.49. The van der Waals surface area contributed by atoms with Crippen LogP contribution in [-0.2, 0) is 10.3 Å². The van der Waals surface area contributed by atoms with Gasteiger partial charge < -0.3 is 15.5 Å². The highest BCUT2D eigenvalue weighted by Gasteiger charge is 2.35. The molecule has 0 bridgehead atoms. The molecule has 1 unspecified atom stereocenters. The maximum Gasteiger partial charge on any atom is 0.333 e. The molecule has 0 spiro atoms. The first kappa shape index (κ1) is 13.9. The fraction of sp³-hybridized carbons (Fsp3) is 0.188. The lowest BCUT2D eigenvalue weighted by Crippen LogP contribution is -2.40. The molecular formula is C16H17NO3. The Balaban J connectivity index is 2.43. The Labute approximate surface area is 117 Å². The summed E-state index contributed by atoms with van der Waals surface area (Å²) in [4.78, 5) is 11.7. The second kappa shape index (κ2) is 5.25. The van der Waals surface area contributed by atoms with Gasteiger partial charge in [0.15, 0.2) is 5.54 Å². The van der Waals surface area contributed by atoms with E-state index in [1.165, 1.54) is 12.1 Å². The molecule has 20 heavy (non-hydrogen) atoms. The molecule has 0 fully saturated rings. The number of anilines is 1. The van der Waals surface area contributed by atoms with Crippen LogP contribution in [-0.4, -0.2) is 16.2 Å². The van der Waals surface area contributed by atoms with Gasteiger partial charge in [0.1, 0.15) is 5.75 Å². The van der Waals surface area contributed by atoms with Crippen molar-refractivity contribution in [2.45, 2.75) is 19.4 Å². The summed E-state index contributed by atoms with van der Waals surface area (Å²) >= 11 is 0. The van der Waals surface area contributed by atoms with Crippen LogP contribution in [0.2, 0.25) is 0 Å². The van der Waals surface area contributed by atoms with Crippen LogP contribution in [0.4, 0.5) is 5.69 Å². The van der Waals surface area contributed by atoms with Gasteiger partial charge in [0.05, 0.1) is 0 Å². The van der Waals surface area contributed by atoms with Gasteiger partial charge in [-0.25, -0.2) is 4.79 Å². The third-order valence-corrected chi connectivity index (χ3v) is 3.40. The van der Waals surface area contributed by atoms with Gasteiger partial charge in [-0.3, -0.25) is 0 Å². The summed E-state index contributed by atoms with van der Waals surface area (Å²) < 4.78 is 0. The number of benzene rings is 2. The molecule has 4 heteroatoms. The van der Waals surface area contributed by atoms with E-state index in [1.807, 2.05) is 31.2 Å². The molecule has 0 saturated carbocycles. The van der Waals surface area contributed by atoms with Crippen LogP contribution in [0.15, 0.2) is 48.5 Å². The van der Waals surface area contributed by atoms with Gasteiger partial charge >= 0.3 is 5.97 Å². The van der Waals surface area contributed by atoms with Crippen molar-refractivity contribution in [2.24, 2.45) is 0 Å². The third kappa shape index (κ3) is 2.59. The van der Waals surface area contributed by atoms with Crippen molar-refractivity contribution in [3.05, 3.63) is 59.7 Å². The summed E-state index contributed by atoms with van der Waals surface area (Å²) in [6.07, 6.45) is 0. The van der Waals surface area contributed by atoms with Crippen LogP contribution >= 0.6 is 0 Å². The van der Waals surface area contributed by atoms with Crippen molar-refractivity contribution in [1.82, 2.24) is 0 Å². The Morgan fingerprint density at radius 3 is 2.25 bits per heavy atom. The van der Waals surface area contributed by atoms with Crippen LogP contribution in [0.25, 0.3) is 0 Å². The molecule has 3 N–H and O–H groups in total. The second-order valence-corrected chi connectivity index (χ2v) is 4.92. The van der Waals surface area contributed by atoms with Crippen LogP contribution in [0.3, 0.4) is 0 Å². The molecule has 0 saturated heterocycles. The van der Waals surface area contributed by atoms with Gasteiger partial charge in [0, 0.05) is 5.69 Å². The summed E-state index contributed by atoms with van der Waals surface area (Å²) in [6, 6.07) is 13.7. The van der Waals surface area contributed by atoms with E-state index in [4.69, 9.17) is 0 Å². The number of nitrogens with one attached hydrogen (secondary N) is 1. The summed E-state index contributed by atoms with van der Waals surface area (Å²) in [5.41, 5.74) is 1.05. The fourth-order valence-electron chi connectivity index (χ4n) is 2.03. The zero-order valence-electron chi connectivity index (χ0n) is 11.4. The Kier molecular flexibility index (Phi) is 3.66. The summed E-state index contributed by atoms with van der Waals surface area (Å²) in [6.45, 7) is 3.52. The van der Waals surface area contributed by atoms with Crippen molar-refractivity contribution >= 4 is 11.7 Å². The molecule has 0 aliphatic carbocycles. The van der Waals surface area contributed by atoms with Crippen LogP contribution in [0.1, 0.15) is 18.1 Å². The Bertz CT molecular complexity index is 622. The topological polar surface area (TPSA) is 69.6 Å². The van der Waals surface area contributed by atoms with Gasteiger partial charge in [0.2, 0.25) is 0 Å². The van der Waals surface area contributed by atoms with E-state index in [-0.39, 0.29) is 5.75 Å². The van der Waals surface area contributed by atoms with Crippen molar-refractivity contribution < 1.29 is 15.0 Å². The van der Waals surface area contributed by atoms with E-state index in [2.05, 4.69) is 5.32 Å². The quantitative estimate of drug-likeness (QED) is 0.799. The molecule has 2 rings (SSSR count). The molecule has 2 aromatic rings. The normalized spacial score (nSPS) is 13.5. The SMILES string of the molecule is Cc1ccccc1NC(C)(C(=O)O)c1ccc(O)cc1. The lowest BCUT2D eigenvalue weighted by Gasteiger charge is -2.28. The highest BCUT2D eigenvalue weighted by molar-refractivity contribution is 5.84. The number of carbonyl (C=O) groups is 1. The van der Waals surface area contributed by atoms with E-state index < -0.39 is 11.5 Å². The van der Waals surface area contributed by atoms with Crippen molar-refractivity contribution in [3.8, 4) is 5.75 Å². The Morgan fingerprint density at radius 1 is 1.10 bits per heavy atom. The van der Waals surface area contributed by atoms with E-state index in [0.717, 1.165) is 11.3 Å². The van der Waals surface area contributed by atoms with Crippen molar-refractivity contribution in [2.75, 3.05) is 5.32 Å². The average molecular weight is 271 g/mol.